The topological polar surface area (TPSA) is 62.8 Å². The first-order valence-corrected chi connectivity index (χ1v) is 11.7. The first-order chi connectivity index (χ1) is 15.9. The molecule has 6 nitrogen and oxygen atoms in total. The number of para-hydroxylation sites is 1. The number of hydrogen-bond acceptors (Lipinski definition) is 4. The van der Waals surface area contributed by atoms with Gasteiger partial charge in [-0.15, -0.1) is 0 Å². The second kappa shape index (κ2) is 8.35. The highest BCUT2D eigenvalue weighted by molar-refractivity contribution is 9.10. The molecule has 2 aliphatic rings. The molecule has 0 unspecified atom stereocenters. The molecule has 0 aromatic heterocycles. The number of rotatable bonds is 4. The van der Waals surface area contributed by atoms with Crippen molar-refractivity contribution < 1.29 is 14.3 Å². The summed E-state index contributed by atoms with van der Waals surface area (Å²) >= 11 is 9.31. The highest BCUT2D eigenvalue weighted by Crippen LogP contribution is 2.50. The van der Waals surface area contributed by atoms with Gasteiger partial charge in [-0.25, -0.2) is 0 Å². The number of halogens is 1. The molecule has 2 aliphatic heterocycles. The van der Waals surface area contributed by atoms with E-state index < -0.39 is 11.6 Å². The molecule has 2 heterocycles. The number of anilines is 2. The van der Waals surface area contributed by atoms with Crippen molar-refractivity contribution in [2.24, 2.45) is 5.92 Å². The van der Waals surface area contributed by atoms with E-state index in [1.54, 1.807) is 7.11 Å². The van der Waals surface area contributed by atoms with E-state index in [-0.39, 0.29) is 11.9 Å². The molecule has 0 spiro atoms. The lowest BCUT2D eigenvalue weighted by atomic mass is 9.78. The van der Waals surface area contributed by atoms with Gasteiger partial charge in [0.25, 0.3) is 0 Å². The van der Waals surface area contributed by atoms with Gasteiger partial charge in [0.05, 0.1) is 13.2 Å². The number of nitrogens with zero attached hydrogens (tertiary/aromatic N) is 1. The molecule has 3 aromatic rings. The molecule has 5 rings (SSSR count). The molecule has 1 fully saturated rings. The maximum absolute atomic E-state index is 13.8. The first kappa shape index (κ1) is 21.7. The second-order valence-electron chi connectivity index (χ2n) is 8.13. The number of carbonyl (C=O) groups excluding carboxylic acids is 1. The quantitative estimate of drug-likeness (QED) is 0.455. The van der Waals surface area contributed by atoms with Gasteiger partial charge in [0, 0.05) is 21.4 Å². The molecule has 1 amide bonds. The number of hydrogen-bond donors (Lipinski definition) is 2. The highest BCUT2D eigenvalue weighted by atomic mass is 79.9. The molecular formula is C25H22BrN3O3S. The molecular weight excluding hydrogens is 502 g/mol. The number of fused-ring (bicyclic) bond motifs is 4. The third-order valence-corrected chi connectivity index (χ3v) is 6.91. The van der Waals surface area contributed by atoms with Crippen molar-refractivity contribution in [3.63, 3.8) is 0 Å². The summed E-state index contributed by atoms with van der Waals surface area (Å²) in [6.07, 6.45) is 0. The fraction of sp³-hybridized carbons (Fsp3) is 0.200. The van der Waals surface area contributed by atoms with Crippen molar-refractivity contribution in [1.82, 2.24) is 5.32 Å². The number of carbonyl (C=O) groups is 1. The van der Waals surface area contributed by atoms with Gasteiger partial charge in [0.1, 0.15) is 17.4 Å². The van der Waals surface area contributed by atoms with Crippen LogP contribution in [0.5, 0.6) is 11.5 Å². The molecule has 0 saturated carbocycles. The predicted octanol–water partition coefficient (Wildman–Crippen LogP) is 5.26. The van der Waals surface area contributed by atoms with Gasteiger partial charge in [-0.05, 0) is 73.7 Å². The lowest BCUT2D eigenvalue weighted by Gasteiger charge is -2.56. The van der Waals surface area contributed by atoms with Gasteiger partial charge >= 0.3 is 0 Å². The van der Waals surface area contributed by atoms with E-state index in [0.29, 0.717) is 10.8 Å². The zero-order chi connectivity index (χ0) is 23.2. The van der Waals surface area contributed by atoms with Crippen molar-refractivity contribution >= 4 is 50.5 Å². The number of methoxy groups -OCH3 is 1. The minimum atomic E-state index is -1.05. The molecule has 3 aromatic carbocycles. The van der Waals surface area contributed by atoms with Gasteiger partial charge < -0.3 is 20.1 Å². The van der Waals surface area contributed by atoms with Crippen molar-refractivity contribution in [3.05, 3.63) is 82.8 Å². The number of thiocarbonyl (C=S) groups is 1. The van der Waals surface area contributed by atoms with Crippen LogP contribution in [0.2, 0.25) is 0 Å². The molecule has 2 N–H and O–H groups in total. The number of nitrogens with one attached hydrogen (secondary N) is 2. The zero-order valence-electron chi connectivity index (χ0n) is 18.0. The normalized spacial score (nSPS) is 23.1. The van der Waals surface area contributed by atoms with Gasteiger partial charge in [-0.3, -0.25) is 9.69 Å². The Morgan fingerprint density at radius 2 is 1.88 bits per heavy atom. The van der Waals surface area contributed by atoms with Crippen LogP contribution < -0.4 is 25.0 Å². The summed E-state index contributed by atoms with van der Waals surface area (Å²) in [7, 11) is 1.61. The molecule has 2 bridgehead atoms. The molecule has 1 saturated heterocycles. The average Bonchev–Trinajstić information content (AvgIpc) is 2.80. The maximum atomic E-state index is 13.8. The Labute approximate surface area is 206 Å². The Kier molecular flexibility index (Phi) is 5.50. The Morgan fingerprint density at radius 1 is 1.15 bits per heavy atom. The smallest absolute Gasteiger partial charge is 0.236 e. The standard InChI is InChI=1S/C25H22BrN3O3S/c1-25-21(23(30)27-16-9-11-18(31-2)12-10-16)22(19-14-15(26)8-13-20(19)32-25)28-24(33)29(25)17-6-4-3-5-7-17/h3-14,21-22H,1-2H3,(H,27,30)(H,28,33)/t21-,22-,25-/m0/s1. The molecule has 8 heteroatoms. The monoisotopic (exact) mass is 523 g/mol. The van der Waals surface area contributed by atoms with E-state index >= 15 is 0 Å². The molecule has 33 heavy (non-hydrogen) atoms. The third kappa shape index (κ3) is 3.73. The van der Waals surface area contributed by atoms with Crippen LogP contribution in [0.3, 0.4) is 0 Å². The van der Waals surface area contributed by atoms with E-state index in [2.05, 4.69) is 26.6 Å². The van der Waals surface area contributed by atoms with Gasteiger partial charge in [0.2, 0.25) is 5.91 Å². The van der Waals surface area contributed by atoms with E-state index in [1.807, 2.05) is 84.6 Å². The molecule has 0 radical (unpaired) electrons. The van der Waals surface area contributed by atoms with Crippen LogP contribution in [0.1, 0.15) is 18.5 Å². The molecule has 0 aliphatic carbocycles. The SMILES string of the molecule is COc1ccc(NC(=O)[C@@H]2[C@H]3NC(=S)N(c4ccccc4)[C@@]2(C)Oc2ccc(Br)cc23)cc1. The van der Waals surface area contributed by atoms with E-state index in [4.69, 9.17) is 21.7 Å². The van der Waals surface area contributed by atoms with Crippen LogP contribution in [0.25, 0.3) is 0 Å². The van der Waals surface area contributed by atoms with Crippen LogP contribution in [0, 0.1) is 5.92 Å². The van der Waals surface area contributed by atoms with Crippen LogP contribution in [0.4, 0.5) is 11.4 Å². The number of ether oxygens (including phenoxy) is 2. The van der Waals surface area contributed by atoms with Crippen molar-refractivity contribution in [1.29, 1.82) is 0 Å². The minimum Gasteiger partial charge on any atom is -0.497 e. The van der Waals surface area contributed by atoms with Crippen LogP contribution >= 0.6 is 28.1 Å². The van der Waals surface area contributed by atoms with Crippen molar-refractivity contribution in [2.45, 2.75) is 18.7 Å². The van der Waals surface area contributed by atoms with Crippen LogP contribution in [0.15, 0.2) is 77.3 Å². The lowest BCUT2D eigenvalue weighted by Crippen LogP contribution is -2.72. The fourth-order valence-electron chi connectivity index (χ4n) is 4.61. The first-order valence-electron chi connectivity index (χ1n) is 10.5. The van der Waals surface area contributed by atoms with Crippen LogP contribution in [-0.4, -0.2) is 23.9 Å². The van der Waals surface area contributed by atoms with Crippen molar-refractivity contribution in [2.75, 3.05) is 17.3 Å². The van der Waals surface area contributed by atoms with E-state index in [1.165, 1.54) is 0 Å². The summed E-state index contributed by atoms with van der Waals surface area (Å²) in [4.78, 5) is 15.7. The average molecular weight is 524 g/mol. The summed E-state index contributed by atoms with van der Waals surface area (Å²) < 4.78 is 12.7. The Bertz CT molecular complexity index is 1220. The fourth-order valence-corrected chi connectivity index (χ4v) is 5.41. The summed E-state index contributed by atoms with van der Waals surface area (Å²) in [6.45, 7) is 1.92. The van der Waals surface area contributed by atoms with Crippen LogP contribution in [-0.2, 0) is 4.79 Å². The predicted molar refractivity (Wildman–Crippen MR) is 136 cm³/mol. The van der Waals surface area contributed by atoms with Crippen molar-refractivity contribution in [3.8, 4) is 11.5 Å². The van der Waals surface area contributed by atoms with Gasteiger partial charge in [0.15, 0.2) is 10.8 Å². The van der Waals surface area contributed by atoms with Gasteiger partial charge in [-0.1, -0.05) is 34.1 Å². The summed E-state index contributed by atoms with van der Waals surface area (Å²) in [5.41, 5.74) is 1.35. The largest absolute Gasteiger partial charge is 0.497 e. The van der Waals surface area contributed by atoms with E-state index in [0.717, 1.165) is 27.2 Å². The van der Waals surface area contributed by atoms with Gasteiger partial charge in [-0.2, -0.15) is 0 Å². The maximum Gasteiger partial charge on any atom is 0.236 e. The number of benzene rings is 3. The number of amides is 1. The minimum absolute atomic E-state index is 0.172. The zero-order valence-corrected chi connectivity index (χ0v) is 20.4. The Hall–Kier alpha value is -3.10. The summed E-state index contributed by atoms with van der Waals surface area (Å²) in [5.74, 6) is 0.663. The Morgan fingerprint density at radius 3 is 2.58 bits per heavy atom. The molecule has 3 atom stereocenters. The third-order valence-electron chi connectivity index (χ3n) is 6.11. The highest BCUT2D eigenvalue weighted by Gasteiger charge is 2.59. The summed E-state index contributed by atoms with van der Waals surface area (Å²) in [5, 5.41) is 6.98. The lowest BCUT2D eigenvalue weighted by molar-refractivity contribution is -0.130. The second-order valence-corrected chi connectivity index (χ2v) is 9.43. The van der Waals surface area contributed by atoms with E-state index in [9.17, 15) is 4.79 Å². The Balaban J connectivity index is 1.59. The molecule has 168 valence electrons. The summed E-state index contributed by atoms with van der Waals surface area (Å²) in [6, 6.07) is 22.4.